The molecule has 2 amide bonds. The zero-order valence-electron chi connectivity index (χ0n) is 12.7. The Morgan fingerprint density at radius 2 is 2.05 bits per heavy atom. The van der Waals surface area contributed by atoms with Crippen molar-refractivity contribution in [3.8, 4) is 0 Å². The van der Waals surface area contributed by atoms with Crippen LogP contribution in [0.2, 0.25) is 0 Å². The van der Waals surface area contributed by atoms with Gasteiger partial charge in [-0.15, -0.1) is 0 Å². The highest BCUT2D eigenvalue weighted by Gasteiger charge is 2.37. The second kappa shape index (κ2) is 6.38. The first-order valence-corrected chi connectivity index (χ1v) is 7.96. The van der Waals surface area contributed by atoms with E-state index in [0.29, 0.717) is 5.92 Å². The van der Waals surface area contributed by atoms with Crippen LogP contribution < -0.4 is 10.6 Å². The highest BCUT2D eigenvalue weighted by atomic mass is 16.6. The fourth-order valence-corrected chi connectivity index (χ4v) is 3.43. The van der Waals surface area contributed by atoms with Crippen molar-refractivity contribution in [1.82, 2.24) is 10.6 Å². The van der Waals surface area contributed by atoms with Crippen LogP contribution in [0.25, 0.3) is 0 Å². The number of benzene rings is 1. The SMILES string of the molecule is CC1OC(=O)NC1C(=O)NC1CCCC(c2ccccc2)C1. The second-order valence-corrected chi connectivity index (χ2v) is 6.21. The number of amides is 2. The lowest BCUT2D eigenvalue weighted by atomic mass is 9.81. The first-order valence-electron chi connectivity index (χ1n) is 7.96. The lowest BCUT2D eigenvalue weighted by Gasteiger charge is -2.31. The van der Waals surface area contributed by atoms with E-state index in [9.17, 15) is 9.59 Å². The molecule has 1 saturated carbocycles. The molecule has 5 heteroatoms. The van der Waals surface area contributed by atoms with Crippen LogP contribution in [-0.4, -0.2) is 30.2 Å². The van der Waals surface area contributed by atoms with Crippen molar-refractivity contribution < 1.29 is 14.3 Å². The van der Waals surface area contributed by atoms with Gasteiger partial charge >= 0.3 is 6.09 Å². The highest BCUT2D eigenvalue weighted by molar-refractivity contribution is 5.88. The first kappa shape index (κ1) is 14.9. The van der Waals surface area contributed by atoms with Crippen molar-refractivity contribution in [3.63, 3.8) is 0 Å². The number of hydrogen-bond acceptors (Lipinski definition) is 3. The summed E-state index contributed by atoms with van der Waals surface area (Å²) in [5, 5.41) is 5.64. The molecule has 1 heterocycles. The topological polar surface area (TPSA) is 67.4 Å². The van der Waals surface area contributed by atoms with Crippen molar-refractivity contribution in [3.05, 3.63) is 35.9 Å². The number of ether oxygens (including phenoxy) is 1. The minimum Gasteiger partial charge on any atom is -0.444 e. The number of alkyl carbamates (subject to hydrolysis) is 1. The van der Waals surface area contributed by atoms with Gasteiger partial charge in [0.15, 0.2) is 0 Å². The monoisotopic (exact) mass is 302 g/mol. The summed E-state index contributed by atoms with van der Waals surface area (Å²) < 4.78 is 4.96. The van der Waals surface area contributed by atoms with E-state index in [-0.39, 0.29) is 11.9 Å². The lowest BCUT2D eigenvalue weighted by molar-refractivity contribution is -0.124. The molecule has 2 fully saturated rings. The average molecular weight is 302 g/mol. The summed E-state index contributed by atoms with van der Waals surface area (Å²) in [4.78, 5) is 23.5. The molecule has 118 valence electrons. The zero-order chi connectivity index (χ0) is 15.5. The molecule has 0 radical (unpaired) electrons. The molecule has 0 aromatic heterocycles. The maximum absolute atomic E-state index is 12.3. The molecule has 4 unspecified atom stereocenters. The first-order chi connectivity index (χ1) is 10.6. The quantitative estimate of drug-likeness (QED) is 0.900. The second-order valence-electron chi connectivity index (χ2n) is 6.21. The fraction of sp³-hybridized carbons (Fsp3) is 0.529. The largest absolute Gasteiger partial charge is 0.444 e. The molecule has 0 bridgehead atoms. The molecule has 0 spiro atoms. The van der Waals surface area contributed by atoms with Crippen LogP contribution in [-0.2, 0) is 9.53 Å². The van der Waals surface area contributed by atoms with Gasteiger partial charge in [0.1, 0.15) is 12.1 Å². The predicted molar refractivity (Wildman–Crippen MR) is 82.4 cm³/mol. The Hall–Kier alpha value is -2.04. The van der Waals surface area contributed by atoms with E-state index in [1.807, 2.05) is 6.07 Å². The third-order valence-electron chi connectivity index (χ3n) is 4.61. The van der Waals surface area contributed by atoms with E-state index in [2.05, 4.69) is 34.9 Å². The normalized spacial score (nSPS) is 31.2. The van der Waals surface area contributed by atoms with Crippen LogP contribution >= 0.6 is 0 Å². The van der Waals surface area contributed by atoms with Crippen LogP contribution in [0.5, 0.6) is 0 Å². The van der Waals surface area contributed by atoms with Gasteiger partial charge in [0, 0.05) is 6.04 Å². The Morgan fingerprint density at radius 3 is 2.73 bits per heavy atom. The molecule has 3 rings (SSSR count). The van der Waals surface area contributed by atoms with Gasteiger partial charge in [-0.2, -0.15) is 0 Å². The number of carbonyl (C=O) groups is 2. The fourth-order valence-electron chi connectivity index (χ4n) is 3.43. The standard InChI is InChI=1S/C17H22N2O3/c1-11-15(19-17(21)22-11)16(20)18-14-9-5-8-13(10-14)12-6-3-2-4-7-12/h2-4,6-7,11,13-15H,5,8-10H2,1H3,(H,18,20)(H,19,21). The van der Waals surface area contributed by atoms with Gasteiger partial charge in [-0.3, -0.25) is 4.79 Å². The maximum Gasteiger partial charge on any atom is 0.408 e. The number of nitrogens with one attached hydrogen (secondary N) is 2. The minimum absolute atomic E-state index is 0.142. The van der Waals surface area contributed by atoms with E-state index in [1.54, 1.807) is 6.92 Å². The number of rotatable bonds is 3. The van der Waals surface area contributed by atoms with Crippen molar-refractivity contribution in [2.24, 2.45) is 0 Å². The van der Waals surface area contributed by atoms with Crippen molar-refractivity contribution >= 4 is 12.0 Å². The molecule has 2 N–H and O–H groups in total. The molecule has 1 saturated heterocycles. The third-order valence-corrected chi connectivity index (χ3v) is 4.61. The van der Waals surface area contributed by atoms with Crippen LogP contribution in [0.4, 0.5) is 4.79 Å². The molecular weight excluding hydrogens is 280 g/mol. The lowest BCUT2D eigenvalue weighted by Crippen LogP contribution is -2.49. The average Bonchev–Trinajstić information content (AvgIpc) is 2.87. The minimum atomic E-state index is -0.579. The van der Waals surface area contributed by atoms with Crippen LogP contribution in [0.1, 0.15) is 44.1 Å². The molecule has 4 atom stereocenters. The third kappa shape index (κ3) is 3.24. The van der Waals surface area contributed by atoms with Crippen LogP contribution in [0, 0.1) is 0 Å². The smallest absolute Gasteiger partial charge is 0.408 e. The van der Waals surface area contributed by atoms with Crippen LogP contribution in [0.3, 0.4) is 0 Å². The van der Waals surface area contributed by atoms with Gasteiger partial charge in [0.05, 0.1) is 0 Å². The number of hydrogen-bond donors (Lipinski definition) is 2. The summed E-state index contributed by atoms with van der Waals surface area (Å²) >= 11 is 0. The molecule has 1 aromatic carbocycles. The summed E-state index contributed by atoms with van der Waals surface area (Å²) in [7, 11) is 0. The molecule has 1 aliphatic heterocycles. The van der Waals surface area contributed by atoms with E-state index in [1.165, 1.54) is 5.56 Å². The van der Waals surface area contributed by atoms with E-state index < -0.39 is 18.2 Å². The van der Waals surface area contributed by atoms with Crippen molar-refractivity contribution in [1.29, 1.82) is 0 Å². The summed E-state index contributed by atoms with van der Waals surface area (Å²) in [6.45, 7) is 1.73. The number of cyclic esters (lactones) is 1. The predicted octanol–water partition coefficient (Wildman–Crippen LogP) is 2.33. The number of carbonyl (C=O) groups excluding carboxylic acids is 2. The Labute approximate surface area is 130 Å². The summed E-state index contributed by atoms with van der Waals surface area (Å²) in [6.07, 6.45) is 3.28. The van der Waals surface area contributed by atoms with E-state index in [4.69, 9.17) is 4.74 Å². The molecule has 22 heavy (non-hydrogen) atoms. The van der Waals surface area contributed by atoms with E-state index in [0.717, 1.165) is 25.7 Å². The Kier molecular flexibility index (Phi) is 4.32. The molecule has 5 nitrogen and oxygen atoms in total. The van der Waals surface area contributed by atoms with Gasteiger partial charge in [0.25, 0.3) is 0 Å². The molecule has 1 aliphatic carbocycles. The highest BCUT2D eigenvalue weighted by Crippen LogP contribution is 2.32. The van der Waals surface area contributed by atoms with E-state index >= 15 is 0 Å². The van der Waals surface area contributed by atoms with Crippen molar-refractivity contribution in [2.45, 2.75) is 56.7 Å². The van der Waals surface area contributed by atoms with Crippen LogP contribution in [0.15, 0.2) is 30.3 Å². The van der Waals surface area contributed by atoms with Gasteiger partial charge in [0.2, 0.25) is 5.91 Å². The Bertz CT molecular complexity index is 546. The van der Waals surface area contributed by atoms with Crippen molar-refractivity contribution in [2.75, 3.05) is 0 Å². The Balaban J connectivity index is 1.59. The summed E-state index contributed by atoms with van der Waals surface area (Å²) in [5.41, 5.74) is 1.34. The van der Waals surface area contributed by atoms with Gasteiger partial charge in [-0.1, -0.05) is 36.8 Å². The summed E-state index contributed by atoms with van der Waals surface area (Å²) in [6, 6.07) is 10.0. The molecule has 2 aliphatic rings. The van der Waals surface area contributed by atoms with Gasteiger partial charge in [-0.25, -0.2) is 4.79 Å². The Morgan fingerprint density at radius 1 is 1.27 bits per heavy atom. The summed E-state index contributed by atoms with van der Waals surface area (Å²) in [5.74, 6) is 0.351. The van der Waals surface area contributed by atoms with Gasteiger partial charge in [-0.05, 0) is 37.7 Å². The molecular formula is C17H22N2O3. The maximum atomic E-state index is 12.3. The van der Waals surface area contributed by atoms with Gasteiger partial charge < -0.3 is 15.4 Å². The zero-order valence-corrected chi connectivity index (χ0v) is 12.7. The molecule has 1 aromatic rings.